The Kier molecular flexibility index (Phi) is 9.64. The van der Waals surface area contributed by atoms with Gasteiger partial charge in [-0.15, -0.1) is 0 Å². The number of nitrogens with zero attached hydrogens (tertiary/aromatic N) is 4. The van der Waals surface area contributed by atoms with Gasteiger partial charge in [0, 0.05) is 50.1 Å². The van der Waals surface area contributed by atoms with E-state index in [-0.39, 0.29) is 12.0 Å². The maximum Gasteiger partial charge on any atom is 0.272 e. The maximum atomic E-state index is 13.5. The number of rotatable bonds is 8. The first-order valence-corrected chi connectivity index (χ1v) is 15.0. The molecule has 1 amide bonds. The van der Waals surface area contributed by atoms with Crippen molar-refractivity contribution in [2.45, 2.75) is 88.8 Å². The van der Waals surface area contributed by atoms with E-state index in [9.17, 15) is 4.79 Å². The van der Waals surface area contributed by atoms with E-state index in [1.54, 1.807) is 13.4 Å². The van der Waals surface area contributed by atoms with Crippen LogP contribution in [0.25, 0.3) is 0 Å². The Labute approximate surface area is 234 Å². The zero-order chi connectivity index (χ0) is 27.2. The first-order valence-electron chi connectivity index (χ1n) is 15.0. The van der Waals surface area contributed by atoms with Gasteiger partial charge >= 0.3 is 0 Å². The van der Waals surface area contributed by atoms with E-state index >= 15 is 0 Å². The third-order valence-electron chi connectivity index (χ3n) is 9.66. The van der Waals surface area contributed by atoms with Crippen LogP contribution in [0, 0.1) is 12.8 Å². The lowest BCUT2D eigenvalue weighted by atomic mass is 9.76. The number of benzene rings is 1. The fourth-order valence-corrected chi connectivity index (χ4v) is 7.16. The summed E-state index contributed by atoms with van der Waals surface area (Å²) in [5.74, 6) is 1.43. The summed E-state index contributed by atoms with van der Waals surface area (Å²) < 4.78 is 11.3. The summed E-state index contributed by atoms with van der Waals surface area (Å²) in [6.45, 7) is 5.00. The predicted molar refractivity (Wildman–Crippen MR) is 153 cm³/mol. The molecule has 0 N–H and O–H groups in total. The lowest BCUT2D eigenvalue weighted by molar-refractivity contribution is -0.0891. The lowest BCUT2D eigenvalue weighted by Crippen LogP contribution is -2.54. The van der Waals surface area contributed by atoms with Crippen molar-refractivity contribution in [2.24, 2.45) is 5.92 Å². The SMILES string of the molecule is COC1COCCC1N(C)C1CCN(C(=O)c2ncnc(CCC3CCC[C@@H](c4ccccc4)C3)c2C)CC1. The molecule has 1 aromatic carbocycles. The number of likely N-dealkylation sites (tertiary alicyclic amines) is 1. The predicted octanol–water partition coefficient (Wildman–Crippen LogP) is 5.03. The molecule has 7 heteroatoms. The van der Waals surface area contributed by atoms with Crippen LogP contribution in [0.15, 0.2) is 36.7 Å². The summed E-state index contributed by atoms with van der Waals surface area (Å²) in [6.07, 6.45) is 11.8. The number of piperidine rings is 1. The number of likely N-dealkylation sites (N-methyl/N-ethyl adjacent to an activating group) is 1. The third-order valence-corrected chi connectivity index (χ3v) is 9.66. The maximum absolute atomic E-state index is 13.5. The number of amides is 1. The molecule has 3 unspecified atom stereocenters. The Morgan fingerprint density at radius 2 is 1.90 bits per heavy atom. The fourth-order valence-electron chi connectivity index (χ4n) is 7.16. The van der Waals surface area contributed by atoms with E-state index in [1.807, 2.05) is 11.8 Å². The van der Waals surface area contributed by atoms with Gasteiger partial charge in [-0.05, 0) is 76.3 Å². The van der Waals surface area contributed by atoms with Crippen LogP contribution in [-0.2, 0) is 15.9 Å². The van der Waals surface area contributed by atoms with Gasteiger partial charge in [-0.2, -0.15) is 0 Å². The third kappa shape index (κ3) is 6.69. The van der Waals surface area contributed by atoms with Gasteiger partial charge in [0.05, 0.1) is 12.7 Å². The molecule has 2 saturated heterocycles. The molecule has 5 rings (SSSR count). The quantitative estimate of drug-likeness (QED) is 0.473. The van der Waals surface area contributed by atoms with Gasteiger partial charge in [0.25, 0.3) is 5.91 Å². The van der Waals surface area contributed by atoms with Crippen LogP contribution in [0.2, 0.25) is 0 Å². The molecule has 1 saturated carbocycles. The van der Waals surface area contributed by atoms with Crippen molar-refractivity contribution < 1.29 is 14.3 Å². The Bertz CT molecular complexity index is 1070. The highest BCUT2D eigenvalue weighted by molar-refractivity contribution is 5.93. The lowest BCUT2D eigenvalue weighted by Gasteiger charge is -2.44. The number of hydrogen-bond acceptors (Lipinski definition) is 6. The Morgan fingerprint density at radius 3 is 2.67 bits per heavy atom. The van der Waals surface area contributed by atoms with Crippen molar-refractivity contribution in [1.29, 1.82) is 0 Å². The monoisotopic (exact) mass is 534 g/mol. The standard InChI is InChI=1S/C32H46N4O3/c1-23-28(13-12-24-8-7-11-26(20-24)25-9-5-4-6-10-25)33-22-34-31(23)32(37)36-17-14-27(15-18-36)35(2)29-16-19-39-21-30(29)38-3/h4-6,9-10,22,24,26-27,29-30H,7-8,11-21H2,1-3H3/t24?,26-,29?,30?/m1/s1. The van der Waals surface area contributed by atoms with Gasteiger partial charge in [-0.1, -0.05) is 43.2 Å². The van der Waals surface area contributed by atoms with E-state index in [1.165, 1.54) is 31.2 Å². The summed E-state index contributed by atoms with van der Waals surface area (Å²) in [5.41, 5.74) is 4.06. The van der Waals surface area contributed by atoms with E-state index in [2.05, 4.69) is 52.2 Å². The molecule has 7 nitrogen and oxygen atoms in total. The molecule has 1 aliphatic carbocycles. The minimum atomic E-state index is 0.0555. The second kappa shape index (κ2) is 13.3. The molecule has 212 valence electrons. The molecular formula is C32H46N4O3. The average Bonchev–Trinajstić information content (AvgIpc) is 3.00. The largest absolute Gasteiger partial charge is 0.379 e. The Morgan fingerprint density at radius 1 is 1.10 bits per heavy atom. The molecular weight excluding hydrogens is 488 g/mol. The van der Waals surface area contributed by atoms with Gasteiger partial charge in [-0.3, -0.25) is 9.69 Å². The van der Waals surface area contributed by atoms with Crippen molar-refractivity contribution in [3.63, 3.8) is 0 Å². The number of carbonyl (C=O) groups excluding carboxylic acids is 1. The summed E-state index contributed by atoms with van der Waals surface area (Å²) in [7, 11) is 3.98. The van der Waals surface area contributed by atoms with Crippen LogP contribution in [0.5, 0.6) is 0 Å². The summed E-state index contributed by atoms with van der Waals surface area (Å²) in [4.78, 5) is 27.1. The number of aromatic nitrogens is 2. The molecule has 0 spiro atoms. The highest BCUT2D eigenvalue weighted by Gasteiger charge is 2.35. The van der Waals surface area contributed by atoms with Gasteiger partial charge in [0.1, 0.15) is 12.0 Å². The Hall–Kier alpha value is -2.35. The van der Waals surface area contributed by atoms with Crippen molar-refractivity contribution >= 4 is 5.91 Å². The molecule has 3 heterocycles. The number of ether oxygens (including phenoxy) is 2. The molecule has 4 atom stereocenters. The first-order chi connectivity index (χ1) is 19.0. The van der Waals surface area contributed by atoms with Crippen LogP contribution < -0.4 is 0 Å². The van der Waals surface area contributed by atoms with Crippen molar-refractivity contribution in [3.05, 3.63) is 59.2 Å². The van der Waals surface area contributed by atoms with Gasteiger partial charge in [0.2, 0.25) is 0 Å². The first kappa shape index (κ1) is 28.2. The normalized spacial score (nSPS) is 26.6. The van der Waals surface area contributed by atoms with Crippen molar-refractivity contribution in [2.75, 3.05) is 40.5 Å². The molecule has 2 aromatic rings. The van der Waals surface area contributed by atoms with E-state index < -0.39 is 0 Å². The number of hydrogen-bond donors (Lipinski definition) is 0. The summed E-state index contributed by atoms with van der Waals surface area (Å²) in [6, 6.07) is 11.8. The second-order valence-electron chi connectivity index (χ2n) is 11.9. The molecule has 0 radical (unpaired) electrons. The molecule has 3 fully saturated rings. The number of aryl methyl sites for hydroxylation is 1. The van der Waals surface area contributed by atoms with E-state index in [0.717, 1.165) is 63.1 Å². The number of methoxy groups -OCH3 is 1. The van der Waals surface area contributed by atoms with Crippen LogP contribution in [0.3, 0.4) is 0 Å². The summed E-state index contributed by atoms with van der Waals surface area (Å²) >= 11 is 0. The Balaban J connectivity index is 1.15. The van der Waals surface area contributed by atoms with Gasteiger partial charge < -0.3 is 14.4 Å². The van der Waals surface area contributed by atoms with Crippen molar-refractivity contribution in [1.82, 2.24) is 19.8 Å². The van der Waals surface area contributed by atoms with Gasteiger partial charge in [0.15, 0.2) is 0 Å². The fraction of sp³-hybridized carbons (Fsp3) is 0.656. The molecule has 39 heavy (non-hydrogen) atoms. The average molecular weight is 535 g/mol. The summed E-state index contributed by atoms with van der Waals surface area (Å²) in [5, 5.41) is 0. The highest BCUT2D eigenvalue weighted by atomic mass is 16.5. The highest BCUT2D eigenvalue weighted by Crippen LogP contribution is 2.38. The van der Waals surface area contributed by atoms with Crippen molar-refractivity contribution in [3.8, 4) is 0 Å². The van der Waals surface area contributed by atoms with E-state index in [4.69, 9.17) is 9.47 Å². The smallest absolute Gasteiger partial charge is 0.272 e. The van der Waals surface area contributed by atoms with Gasteiger partial charge in [-0.25, -0.2) is 9.97 Å². The molecule has 0 bridgehead atoms. The zero-order valence-corrected chi connectivity index (χ0v) is 24.1. The number of carbonyl (C=O) groups is 1. The minimum absolute atomic E-state index is 0.0555. The molecule has 1 aromatic heterocycles. The molecule has 3 aliphatic rings. The zero-order valence-electron chi connectivity index (χ0n) is 24.1. The topological polar surface area (TPSA) is 67.8 Å². The molecule has 2 aliphatic heterocycles. The van der Waals surface area contributed by atoms with E-state index in [0.29, 0.717) is 36.2 Å². The van der Waals surface area contributed by atoms with Crippen LogP contribution in [0.1, 0.15) is 84.6 Å². The van der Waals surface area contributed by atoms with Crippen LogP contribution >= 0.6 is 0 Å². The van der Waals surface area contributed by atoms with Crippen LogP contribution in [0.4, 0.5) is 0 Å². The van der Waals surface area contributed by atoms with Crippen LogP contribution in [-0.4, -0.2) is 84.3 Å². The minimum Gasteiger partial charge on any atom is -0.379 e. The second-order valence-corrected chi connectivity index (χ2v) is 11.9.